The van der Waals surface area contributed by atoms with Gasteiger partial charge < -0.3 is 10.2 Å². The lowest BCUT2D eigenvalue weighted by Gasteiger charge is -2.26. The number of rotatable bonds is 3. The number of benzene rings is 1. The average molecular weight is 268 g/mol. The van der Waals surface area contributed by atoms with Gasteiger partial charge in [-0.3, -0.25) is 4.79 Å². The Morgan fingerprint density at radius 1 is 1.05 bits per heavy atom. The zero-order valence-electron chi connectivity index (χ0n) is 11.1. The highest BCUT2D eigenvalue weighted by Gasteiger charge is 2.18. The Balaban J connectivity index is 1.74. The van der Waals surface area contributed by atoms with Crippen LogP contribution in [0.2, 0.25) is 0 Å². The van der Waals surface area contributed by atoms with Crippen LogP contribution in [-0.2, 0) is 4.79 Å². The molecule has 0 spiro atoms. The molecule has 2 aromatic rings. The van der Waals surface area contributed by atoms with Crippen LogP contribution < -0.4 is 10.2 Å². The van der Waals surface area contributed by atoms with Gasteiger partial charge in [0.2, 0.25) is 5.95 Å². The van der Waals surface area contributed by atoms with Crippen molar-refractivity contribution in [3.05, 3.63) is 42.6 Å². The first-order chi connectivity index (χ1) is 9.81. The van der Waals surface area contributed by atoms with Crippen LogP contribution >= 0.6 is 0 Å². The van der Waals surface area contributed by atoms with Gasteiger partial charge in [0.1, 0.15) is 11.6 Å². The second-order valence-electron chi connectivity index (χ2n) is 4.76. The Morgan fingerprint density at radius 3 is 2.55 bits per heavy atom. The van der Waals surface area contributed by atoms with Crippen molar-refractivity contribution >= 4 is 23.2 Å². The van der Waals surface area contributed by atoms with Gasteiger partial charge in [-0.1, -0.05) is 18.2 Å². The van der Waals surface area contributed by atoms with Crippen LogP contribution in [0.3, 0.4) is 0 Å². The number of carbonyl (C=O) groups excluding carboxylic acids is 1. The van der Waals surface area contributed by atoms with Crippen LogP contribution in [0.5, 0.6) is 0 Å². The fourth-order valence-corrected chi connectivity index (χ4v) is 2.20. The summed E-state index contributed by atoms with van der Waals surface area (Å²) < 4.78 is 0. The van der Waals surface area contributed by atoms with Crippen molar-refractivity contribution in [3.8, 4) is 0 Å². The topological polar surface area (TPSA) is 58.1 Å². The van der Waals surface area contributed by atoms with Crippen molar-refractivity contribution in [1.82, 2.24) is 9.97 Å². The van der Waals surface area contributed by atoms with Crippen LogP contribution in [0.15, 0.2) is 42.6 Å². The highest BCUT2D eigenvalue weighted by molar-refractivity contribution is 5.80. The van der Waals surface area contributed by atoms with E-state index in [0.29, 0.717) is 37.7 Å². The average Bonchev–Trinajstić information content (AvgIpc) is 2.49. The van der Waals surface area contributed by atoms with Crippen LogP contribution in [0.25, 0.3) is 0 Å². The smallest absolute Gasteiger partial charge is 0.227 e. The molecule has 2 heterocycles. The molecular formula is C15H16N4O. The van der Waals surface area contributed by atoms with Crippen LogP contribution in [0, 0.1) is 0 Å². The highest BCUT2D eigenvalue weighted by Crippen LogP contribution is 2.18. The summed E-state index contributed by atoms with van der Waals surface area (Å²) in [4.78, 5) is 22.1. The van der Waals surface area contributed by atoms with E-state index in [1.54, 1.807) is 6.20 Å². The van der Waals surface area contributed by atoms with Gasteiger partial charge in [0, 0.05) is 37.8 Å². The maximum atomic E-state index is 11.3. The van der Waals surface area contributed by atoms with Crippen molar-refractivity contribution in [2.75, 3.05) is 23.3 Å². The number of piperidine rings is 1. The maximum absolute atomic E-state index is 11.3. The molecule has 1 aromatic heterocycles. The number of Topliss-reactive ketones (excluding diaryl/α,β-unsaturated/α-hetero) is 1. The third kappa shape index (κ3) is 2.93. The summed E-state index contributed by atoms with van der Waals surface area (Å²) in [5.41, 5.74) is 0.992. The first-order valence-electron chi connectivity index (χ1n) is 6.73. The van der Waals surface area contributed by atoms with Crippen molar-refractivity contribution in [3.63, 3.8) is 0 Å². The molecule has 1 aliphatic rings. The molecule has 20 heavy (non-hydrogen) atoms. The number of carbonyl (C=O) groups is 1. The van der Waals surface area contributed by atoms with E-state index in [9.17, 15) is 4.79 Å². The summed E-state index contributed by atoms with van der Waals surface area (Å²) in [7, 11) is 0. The van der Waals surface area contributed by atoms with E-state index in [-0.39, 0.29) is 0 Å². The first kappa shape index (κ1) is 12.6. The normalized spacial score (nSPS) is 15.2. The lowest BCUT2D eigenvalue weighted by molar-refractivity contribution is -0.119. The molecule has 1 aromatic carbocycles. The second kappa shape index (κ2) is 5.69. The largest absolute Gasteiger partial charge is 0.340 e. The van der Waals surface area contributed by atoms with Gasteiger partial charge in [0.25, 0.3) is 0 Å². The number of para-hydroxylation sites is 1. The van der Waals surface area contributed by atoms with Crippen molar-refractivity contribution in [2.24, 2.45) is 0 Å². The zero-order valence-corrected chi connectivity index (χ0v) is 11.1. The molecule has 0 aliphatic carbocycles. The van der Waals surface area contributed by atoms with Crippen molar-refractivity contribution < 1.29 is 4.79 Å². The third-order valence-corrected chi connectivity index (χ3v) is 3.29. The summed E-state index contributed by atoms with van der Waals surface area (Å²) in [6.45, 7) is 1.40. The molecule has 1 aliphatic heterocycles. The van der Waals surface area contributed by atoms with Crippen LogP contribution in [0.1, 0.15) is 12.8 Å². The molecule has 102 valence electrons. The van der Waals surface area contributed by atoms with Gasteiger partial charge in [0.15, 0.2) is 0 Å². The first-order valence-corrected chi connectivity index (χ1v) is 6.73. The Labute approximate surface area is 117 Å². The molecule has 1 saturated heterocycles. The molecule has 0 atom stereocenters. The molecular weight excluding hydrogens is 252 g/mol. The number of aromatic nitrogens is 2. The molecule has 0 amide bonds. The maximum Gasteiger partial charge on any atom is 0.227 e. The van der Waals surface area contributed by atoms with Gasteiger partial charge in [-0.25, -0.2) is 4.98 Å². The van der Waals surface area contributed by atoms with Crippen LogP contribution in [0.4, 0.5) is 17.5 Å². The summed E-state index contributed by atoms with van der Waals surface area (Å²) >= 11 is 0. The number of nitrogens with one attached hydrogen (secondary N) is 1. The molecule has 1 fully saturated rings. The summed E-state index contributed by atoms with van der Waals surface area (Å²) in [6.07, 6.45) is 2.91. The van der Waals surface area contributed by atoms with Gasteiger partial charge in [-0.05, 0) is 18.2 Å². The molecule has 5 nitrogen and oxygen atoms in total. The SMILES string of the molecule is O=C1CCN(c2nccc(Nc3ccccc3)n2)CC1. The Hall–Kier alpha value is -2.43. The Kier molecular flexibility index (Phi) is 3.58. The number of ketones is 1. The Bertz CT molecular complexity index is 590. The predicted octanol–water partition coefficient (Wildman–Crippen LogP) is 2.39. The van der Waals surface area contributed by atoms with E-state index < -0.39 is 0 Å². The molecule has 3 rings (SSSR count). The number of hydrogen-bond acceptors (Lipinski definition) is 5. The molecule has 0 saturated carbocycles. The molecule has 0 radical (unpaired) electrons. The van der Waals surface area contributed by atoms with E-state index in [4.69, 9.17) is 0 Å². The fraction of sp³-hybridized carbons (Fsp3) is 0.267. The minimum Gasteiger partial charge on any atom is -0.340 e. The minimum atomic E-state index is 0.319. The van der Waals surface area contributed by atoms with E-state index in [1.807, 2.05) is 36.4 Å². The highest BCUT2D eigenvalue weighted by atomic mass is 16.1. The number of anilines is 3. The molecule has 1 N–H and O–H groups in total. The van der Waals surface area contributed by atoms with Crippen molar-refractivity contribution in [1.29, 1.82) is 0 Å². The standard InChI is InChI=1S/C15H16N4O/c20-13-7-10-19(11-8-13)15-16-9-6-14(18-15)17-12-4-2-1-3-5-12/h1-6,9H,7-8,10-11H2,(H,16,17,18). The number of hydrogen-bond donors (Lipinski definition) is 1. The van der Waals surface area contributed by atoms with Gasteiger partial charge in [0.05, 0.1) is 0 Å². The minimum absolute atomic E-state index is 0.319. The van der Waals surface area contributed by atoms with E-state index >= 15 is 0 Å². The van der Waals surface area contributed by atoms with Crippen molar-refractivity contribution in [2.45, 2.75) is 12.8 Å². The van der Waals surface area contributed by atoms with Gasteiger partial charge in [-0.15, -0.1) is 0 Å². The second-order valence-corrected chi connectivity index (χ2v) is 4.76. The number of nitrogens with zero attached hydrogens (tertiary/aromatic N) is 3. The zero-order chi connectivity index (χ0) is 13.8. The Morgan fingerprint density at radius 2 is 1.80 bits per heavy atom. The van der Waals surface area contributed by atoms with E-state index in [0.717, 1.165) is 11.5 Å². The summed E-state index contributed by atoms with van der Waals surface area (Å²) in [5.74, 6) is 1.76. The van der Waals surface area contributed by atoms with Gasteiger partial charge in [-0.2, -0.15) is 4.98 Å². The van der Waals surface area contributed by atoms with Gasteiger partial charge >= 0.3 is 0 Å². The third-order valence-electron chi connectivity index (χ3n) is 3.29. The summed E-state index contributed by atoms with van der Waals surface area (Å²) in [6, 6.07) is 11.7. The lowest BCUT2D eigenvalue weighted by atomic mass is 10.1. The molecule has 0 bridgehead atoms. The van der Waals surface area contributed by atoms with E-state index in [2.05, 4.69) is 20.2 Å². The fourth-order valence-electron chi connectivity index (χ4n) is 2.20. The quantitative estimate of drug-likeness (QED) is 0.926. The molecule has 5 heteroatoms. The lowest BCUT2D eigenvalue weighted by Crippen LogP contribution is -2.34. The van der Waals surface area contributed by atoms with E-state index in [1.165, 1.54) is 0 Å². The van der Waals surface area contributed by atoms with Crippen LogP contribution in [-0.4, -0.2) is 28.8 Å². The molecule has 0 unspecified atom stereocenters. The predicted molar refractivity (Wildman–Crippen MR) is 78.2 cm³/mol. The monoisotopic (exact) mass is 268 g/mol. The summed E-state index contributed by atoms with van der Waals surface area (Å²) in [5, 5.41) is 3.25.